The summed E-state index contributed by atoms with van der Waals surface area (Å²) >= 11 is 18.2. The molecule has 0 radical (unpaired) electrons. The van der Waals surface area contributed by atoms with Crippen molar-refractivity contribution < 1.29 is 4.79 Å². The summed E-state index contributed by atoms with van der Waals surface area (Å²) in [5.74, 6) is -0.124. The van der Waals surface area contributed by atoms with Crippen molar-refractivity contribution in [1.82, 2.24) is 9.80 Å². The largest absolute Gasteiger partial charge is 0.324 e. The van der Waals surface area contributed by atoms with E-state index in [0.29, 0.717) is 27.3 Å². The zero-order chi connectivity index (χ0) is 22.5. The zero-order valence-corrected chi connectivity index (χ0v) is 19.7. The van der Waals surface area contributed by atoms with Gasteiger partial charge in [0.1, 0.15) is 0 Å². The Hall–Kier alpha value is -2.08. The van der Waals surface area contributed by atoms with Crippen LogP contribution in [0.4, 0.5) is 5.69 Å². The third-order valence-corrected chi connectivity index (χ3v) is 6.69. The van der Waals surface area contributed by atoms with Gasteiger partial charge in [-0.1, -0.05) is 95.5 Å². The van der Waals surface area contributed by atoms with Crippen LogP contribution >= 0.6 is 34.8 Å². The molecule has 1 aliphatic heterocycles. The number of anilines is 1. The van der Waals surface area contributed by atoms with Crippen molar-refractivity contribution in [3.63, 3.8) is 0 Å². The number of hydrogen-bond donors (Lipinski definition) is 1. The van der Waals surface area contributed by atoms with Crippen LogP contribution in [0.1, 0.15) is 17.2 Å². The van der Waals surface area contributed by atoms with Crippen LogP contribution in [0.25, 0.3) is 0 Å². The average Bonchev–Trinajstić information content (AvgIpc) is 2.80. The van der Waals surface area contributed by atoms with E-state index < -0.39 is 0 Å². The predicted octanol–water partition coefficient (Wildman–Crippen LogP) is 5.99. The lowest BCUT2D eigenvalue weighted by Crippen LogP contribution is -2.49. The predicted molar refractivity (Wildman–Crippen MR) is 133 cm³/mol. The maximum atomic E-state index is 12.6. The molecule has 1 aliphatic rings. The standard InChI is InChI=1S/C25H24Cl3N3O/c26-20-15-22(28)23(16-21(20)27)29-24(32)17-30-11-13-31(14-12-30)25(18-7-3-1-4-8-18)19-9-5-2-6-10-19/h1-10,15-16,25H,11-14,17H2,(H,29,32). The van der Waals surface area contributed by atoms with Crippen LogP contribution in [-0.2, 0) is 4.79 Å². The smallest absolute Gasteiger partial charge is 0.238 e. The fraction of sp³-hybridized carbons (Fsp3) is 0.240. The normalized spacial score (nSPS) is 15.1. The van der Waals surface area contributed by atoms with Gasteiger partial charge < -0.3 is 5.32 Å². The molecular formula is C25H24Cl3N3O. The molecule has 0 atom stereocenters. The van der Waals surface area contributed by atoms with E-state index in [9.17, 15) is 4.79 Å². The minimum atomic E-state index is -0.124. The lowest BCUT2D eigenvalue weighted by Gasteiger charge is -2.39. The quantitative estimate of drug-likeness (QED) is 0.433. The van der Waals surface area contributed by atoms with Crippen LogP contribution in [-0.4, -0.2) is 48.4 Å². The number of carbonyl (C=O) groups excluding carboxylic acids is 1. The van der Waals surface area contributed by atoms with E-state index in [-0.39, 0.29) is 11.9 Å². The maximum Gasteiger partial charge on any atom is 0.238 e. The van der Waals surface area contributed by atoms with Gasteiger partial charge in [-0.25, -0.2) is 0 Å². The van der Waals surface area contributed by atoms with Crippen LogP contribution in [0.5, 0.6) is 0 Å². The SMILES string of the molecule is O=C(CN1CCN(C(c2ccccc2)c2ccccc2)CC1)Nc1cc(Cl)c(Cl)cc1Cl. The second-order valence-electron chi connectivity index (χ2n) is 7.83. The van der Waals surface area contributed by atoms with Gasteiger partial charge >= 0.3 is 0 Å². The van der Waals surface area contributed by atoms with Crippen LogP contribution in [0, 0.1) is 0 Å². The van der Waals surface area contributed by atoms with Gasteiger partial charge in [-0.3, -0.25) is 14.6 Å². The van der Waals surface area contributed by atoms with E-state index in [0.717, 1.165) is 26.2 Å². The van der Waals surface area contributed by atoms with Gasteiger partial charge in [-0.2, -0.15) is 0 Å². The van der Waals surface area contributed by atoms with Crippen molar-refractivity contribution in [2.24, 2.45) is 0 Å². The third kappa shape index (κ3) is 5.64. The molecule has 1 fully saturated rings. The summed E-state index contributed by atoms with van der Waals surface area (Å²) < 4.78 is 0. The van der Waals surface area contributed by atoms with Crippen LogP contribution in [0.2, 0.25) is 15.1 Å². The van der Waals surface area contributed by atoms with Gasteiger partial charge in [-0.15, -0.1) is 0 Å². The molecular weight excluding hydrogens is 465 g/mol. The van der Waals surface area contributed by atoms with Gasteiger partial charge in [0, 0.05) is 26.2 Å². The molecule has 1 heterocycles. The molecule has 7 heteroatoms. The van der Waals surface area contributed by atoms with E-state index in [2.05, 4.69) is 63.6 Å². The number of halogens is 3. The van der Waals surface area contributed by atoms with E-state index in [1.54, 1.807) is 6.07 Å². The Morgan fingerprint density at radius 3 is 1.88 bits per heavy atom. The summed E-state index contributed by atoms with van der Waals surface area (Å²) in [4.78, 5) is 17.2. The highest BCUT2D eigenvalue weighted by atomic mass is 35.5. The highest BCUT2D eigenvalue weighted by Gasteiger charge is 2.27. The fourth-order valence-electron chi connectivity index (χ4n) is 4.08. The molecule has 0 unspecified atom stereocenters. The highest BCUT2D eigenvalue weighted by Crippen LogP contribution is 2.32. The van der Waals surface area contributed by atoms with Crippen LogP contribution in [0.15, 0.2) is 72.8 Å². The second-order valence-corrected chi connectivity index (χ2v) is 9.05. The number of nitrogens with zero attached hydrogens (tertiary/aromatic N) is 2. The van der Waals surface area contributed by atoms with E-state index in [1.165, 1.54) is 17.2 Å². The molecule has 4 rings (SSSR count). The van der Waals surface area contributed by atoms with Gasteiger partial charge in [0.2, 0.25) is 5.91 Å². The van der Waals surface area contributed by atoms with Crippen LogP contribution < -0.4 is 5.32 Å². The Morgan fingerprint density at radius 2 is 1.31 bits per heavy atom. The third-order valence-electron chi connectivity index (χ3n) is 5.65. The first kappa shape index (κ1) is 23.1. The lowest BCUT2D eigenvalue weighted by atomic mass is 9.96. The molecule has 1 N–H and O–H groups in total. The topological polar surface area (TPSA) is 35.6 Å². The van der Waals surface area contributed by atoms with Crippen molar-refractivity contribution in [2.75, 3.05) is 38.0 Å². The van der Waals surface area contributed by atoms with Gasteiger partial charge in [-0.05, 0) is 23.3 Å². The van der Waals surface area contributed by atoms with Crippen molar-refractivity contribution >= 4 is 46.4 Å². The molecule has 166 valence electrons. The molecule has 4 nitrogen and oxygen atoms in total. The van der Waals surface area contributed by atoms with Crippen LogP contribution in [0.3, 0.4) is 0 Å². The molecule has 3 aromatic carbocycles. The van der Waals surface area contributed by atoms with Gasteiger partial charge in [0.25, 0.3) is 0 Å². The first-order valence-corrected chi connectivity index (χ1v) is 11.7. The maximum absolute atomic E-state index is 12.6. The molecule has 0 spiro atoms. The average molecular weight is 489 g/mol. The number of benzene rings is 3. The Kier molecular flexibility index (Phi) is 7.71. The molecule has 0 aromatic heterocycles. The minimum absolute atomic E-state index is 0.124. The number of hydrogen-bond acceptors (Lipinski definition) is 3. The Balaban J connectivity index is 1.39. The molecule has 3 aromatic rings. The molecule has 1 amide bonds. The van der Waals surface area contributed by atoms with Crippen molar-refractivity contribution in [1.29, 1.82) is 0 Å². The van der Waals surface area contributed by atoms with E-state index >= 15 is 0 Å². The Labute approximate surface area is 203 Å². The molecule has 32 heavy (non-hydrogen) atoms. The zero-order valence-electron chi connectivity index (χ0n) is 17.5. The molecule has 1 saturated heterocycles. The van der Waals surface area contributed by atoms with Crippen molar-refractivity contribution in [3.05, 3.63) is 99.0 Å². The molecule has 0 bridgehead atoms. The summed E-state index contributed by atoms with van der Waals surface area (Å²) in [5, 5.41) is 3.92. The first-order chi connectivity index (χ1) is 15.5. The van der Waals surface area contributed by atoms with Gasteiger partial charge in [0.15, 0.2) is 0 Å². The van der Waals surface area contributed by atoms with Crippen molar-refractivity contribution in [3.8, 4) is 0 Å². The summed E-state index contributed by atoms with van der Waals surface area (Å²) in [7, 11) is 0. The summed E-state index contributed by atoms with van der Waals surface area (Å²) in [6.45, 7) is 3.65. The first-order valence-electron chi connectivity index (χ1n) is 10.5. The fourth-order valence-corrected chi connectivity index (χ4v) is 4.67. The summed E-state index contributed by atoms with van der Waals surface area (Å²) in [6, 6.07) is 24.4. The molecule has 0 saturated carbocycles. The monoisotopic (exact) mass is 487 g/mol. The second kappa shape index (κ2) is 10.7. The number of nitrogens with one attached hydrogen (secondary N) is 1. The number of piperazine rings is 1. The number of rotatable bonds is 6. The summed E-state index contributed by atoms with van der Waals surface area (Å²) in [6.07, 6.45) is 0. The highest BCUT2D eigenvalue weighted by molar-refractivity contribution is 6.44. The van der Waals surface area contributed by atoms with Crippen molar-refractivity contribution in [2.45, 2.75) is 6.04 Å². The lowest BCUT2D eigenvalue weighted by molar-refractivity contribution is -0.117. The van der Waals surface area contributed by atoms with Gasteiger partial charge in [0.05, 0.1) is 33.3 Å². The Bertz CT molecular complexity index is 1020. The van der Waals surface area contributed by atoms with E-state index in [4.69, 9.17) is 34.8 Å². The number of amides is 1. The minimum Gasteiger partial charge on any atom is -0.324 e. The summed E-state index contributed by atoms with van der Waals surface area (Å²) in [5.41, 5.74) is 3.02. The Morgan fingerprint density at radius 1 is 0.781 bits per heavy atom. The molecule has 0 aliphatic carbocycles. The number of carbonyl (C=O) groups is 1. The van der Waals surface area contributed by atoms with E-state index in [1.807, 2.05) is 12.1 Å².